The quantitative estimate of drug-likeness (QED) is 0.344. The van der Waals surface area contributed by atoms with E-state index in [0.29, 0.717) is 26.9 Å². The maximum absolute atomic E-state index is 12.7. The highest BCUT2D eigenvalue weighted by atomic mass is 32.1. The molecule has 0 aliphatic heterocycles. The number of aromatic amines is 2. The number of imidazole rings is 1. The molecule has 4 heterocycles. The van der Waals surface area contributed by atoms with Crippen LogP contribution >= 0.6 is 11.3 Å². The summed E-state index contributed by atoms with van der Waals surface area (Å²) in [7, 11) is 0. The van der Waals surface area contributed by atoms with E-state index in [2.05, 4.69) is 20.4 Å². The zero-order valence-corrected chi connectivity index (χ0v) is 19.1. The summed E-state index contributed by atoms with van der Waals surface area (Å²) in [5, 5.41) is 18.1. The number of nitrogens with one attached hydrogen (secondary N) is 3. The standard InChI is InChI=1S/C23H23N7O3S/c31-21-16(28-23(33)29-21)9-12-11-24-30-19(25-14-5-6-14)10-15(27-20(12)30)17-7-8-18(34-17)22(32)26-13-3-1-2-4-13/h7-11,13-14,31H,1-6H2,(H,26,32)(H2,28,29,33). The minimum atomic E-state index is -0.500. The molecular formula is C23H23N7O3S. The second-order valence-electron chi connectivity index (χ2n) is 8.80. The predicted octanol–water partition coefficient (Wildman–Crippen LogP) is 1.46. The fourth-order valence-corrected chi connectivity index (χ4v) is 5.12. The van der Waals surface area contributed by atoms with Gasteiger partial charge in [0, 0.05) is 17.3 Å². The van der Waals surface area contributed by atoms with E-state index in [0.717, 1.165) is 43.4 Å². The Balaban J connectivity index is 1.43. The van der Waals surface area contributed by atoms with Gasteiger partial charge in [-0.15, -0.1) is 11.3 Å². The number of nitrogens with zero attached hydrogens (tertiary/aromatic N) is 4. The van der Waals surface area contributed by atoms with Gasteiger partial charge in [0.2, 0.25) is 5.88 Å². The first-order valence-electron chi connectivity index (χ1n) is 11.4. The van der Waals surface area contributed by atoms with Gasteiger partial charge in [-0.2, -0.15) is 9.61 Å². The largest absolute Gasteiger partial charge is 0.493 e. The number of carbonyl (C=O) groups is 1. The van der Waals surface area contributed by atoms with Crippen molar-refractivity contribution in [2.75, 3.05) is 0 Å². The number of thiophene rings is 1. The molecule has 34 heavy (non-hydrogen) atoms. The average molecular weight is 478 g/mol. The average Bonchev–Trinajstić information content (AvgIpc) is 3.24. The van der Waals surface area contributed by atoms with Crippen LogP contribution in [-0.4, -0.2) is 47.7 Å². The van der Waals surface area contributed by atoms with Gasteiger partial charge in [-0.05, 0) is 43.9 Å². The summed E-state index contributed by atoms with van der Waals surface area (Å²) in [6.45, 7) is 0. The van der Waals surface area contributed by atoms with Crippen molar-refractivity contribution < 1.29 is 9.90 Å². The zero-order valence-electron chi connectivity index (χ0n) is 18.2. The molecule has 2 fully saturated rings. The number of amides is 1. The molecule has 0 bridgehead atoms. The van der Waals surface area contributed by atoms with Gasteiger partial charge >= 0.3 is 5.69 Å². The van der Waals surface area contributed by atoms with E-state index in [-0.39, 0.29) is 29.6 Å². The summed E-state index contributed by atoms with van der Waals surface area (Å²) in [5.41, 5.74) is 1.66. The molecule has 10 nitrogen and oxygen atoms in total. The topological polar surface area (TPSA) is 141 Å². The molecule has 0 unspecified atom stereocenters. The first-order chi connectivity index (χ1) is 16.5. The molecule has 0 spiro atoms. The highest BCUT2D eigenvalue weighted by Gasteiger charge is 2.22. The number of H-pyrrole nitrogens is 2. The number of rotatable bonds is 5. The van der Waals surface area contributed by atoms with Gasteiger partial charge in [0.15, 0.2) is 11.1 Å². The monoisotopic (exact) mass is 477 g/mol. The highest BCUT2D eigenvalue weighted by molar-refractivity contribution is 7.17. The van der Waals surface area contributed by atoms with E-state index in [1.54, 1.807) is 16.8 Å². The molecule has 0 atom stereocenters. The van der Waals surface area contributed by atoms with Crippen molar-refractivity contribution >= 4 is 29.0 Å². The van der Waals surface area contributed by atoms with Gasteiger partial charge in [0.1, 0.15) is 5.69 Å². The Hall–Kier alpha value is -3.73. The zero-order chi connectivity index (χ0) is 23.2. The lowest BCUT2D eigenvalue weighted by Gasteiger charge is -2.10. The molecule has 2 saturated carbocycles. The molecule has 6 rings (SSSR count). The van der Waals surface area contributed by atoms with E-state index in [9.17, 15) is 14.7 Å². The van der Waals surface area contributed by atoms with Crippen molar-refractivity contribution in [1.82, 2.24) is 29.9 Å². The number of hydrogen-bond donors (Lipinski definition) is 4. The molecule has 174 valence electrons. The van der Waals surface area contributed by atoms with Crippen LogP contribution in [0.4, 0.5) is 0 Å². The van der Waals surface area contributed by atoms with Crippen molar-refractivity contribution in [2.45, 2.75) is 50.6 Å². The number of fused-ring (bicyclic) bond motifs is 1. The molecule has 4 aromatic heterocycles. The van der Waals surface area contributed by atoms with Crippen LogP contribution in [0.5, 0.6) is 5.88 Å². The van der Waals surface area contributed by atoms with E-state index in [1.807, 2.05) is 18.2 Å². The number of hydrogen-bond acceptors (Lipinski definition) is 7. The molecular weight excluding hydrogens is 454 g/mol. The van der Waals surface area contributed by atoms with Gasteiger partial charge in [0.25, 0.3) is 5.91 Å². The van der Waals surface area contributed by atoms with Crippen molar-refractivity contribution in [3.05, 3.63) is 56.2 Å². The van der Waals surface area contributed by atoms with Gasteiger partial charge < -0.3 is 15.4 Å². The van der Waals surface area contributed by atoms with Gasteiger partial charge in [-0.3, -0.25) is 14.8 Å². The second-order valence-corrected chi connectivity index (χ2v) is 9.88. The fourth-order valence-electron chi connectivity index (χ4n) is 4.25. The molecule has 2 aliphatic carbocycles. The third kappa shape index (κ3) is 4.03. The van der Waals surface area contributed by atoms with Crippen molar-refractivity contribution in [3.63, 3.8) is 0 Å². The third-order valence-electron chi connectivity index (χ3n) is 6.15. The van der Waals surface area contributed by atoms with Crippen LogP contribution in [0.3, 0.4) is 0 Å². The van der Waals surface area contributed by atoms with E-state index < -0.39 is 5.69 Å². The van der Waals surface area contributed by atoms with E-state index in [1.165, 1.54) is 11.3 Å². The summed E-state index contributed by atoms with van der Waals surface area (Å²) < 4.78 is 1.66. The third-order valence-corrected chi connectivity index (χ3v) is 7.26. The second kappa shape index (κ2) is 8.24. The van der Waals surface area contributed by atoms with Crippen LogP contribution < -0.4 is 21.7 Å². The van der Waals surface area contributed by atoms with Crippen LogP contribution in [0.2, 0.25) is 0 Å². The molecule has 0 aromatic carbocycles. The lowest BCUT2D eigenvalue weighted by Crippen LogP contribution is -2.31. The molecule has 11 heteroatoms. The minimum Gasteiger partial charge on any atom is -0.493 e. The fraction of sp³-hybridized carbons (Fsp3) is 0.348. The molecule has 4 N–H and O–H groups in total. The van der Waals surface area contributed by atoms with Crippen LogP contribution in [-0.2, 0) is 0 Å². The predicted molar refractivity (Wildman–Crippen MR) is 126 cm³/mol. The summed E-state index contributed by atoms with van der Waals surface area (Å²) in [4.78, 5) is 40.2. The van der Waals surface area contributed by atoms with Crippen molar-refractivity contribution in [2.24, 2.45) is 4.99 Å². The maximum Gasteiger partial charge on any atom is 0.326 e. The molecule has 0 radical (unpaired) electrons. The lowest BCUT2D eigenvalue weighted by atomic mass is 10.2. The van der Waals surface area contributed by atoms with E-state index >= 15 is 0 Å². The number of aromatic nitrogens is 5. The van der Waals surface area contributed by atoms with Crippen LogP contribution in [0.1, 0.15) is 53.9 Å². The van der Waals surface area contributed by atoms with Gasteiger partial charge in [-0.25, -0.2) is 9.78 Å². The molecule has 0 saturated heterocycles. The Morgan fingerprint density at radius 1 is 1.24 bits per heavy atom. The summed E-state index contributed by atoms with van der Waals surface area (Å²) in [5.74, 6) is -0.294. The molecule has 2 aliphatic rings. The minimum absolute atomic E-state index is 0.0441. The highest BCUT2D eigenvalue weighted by Crippen LogP contribution is 2.27. The normalized spacial score (nSPS) is 17.8. The summed E-state index contributed by atoms with van der Waals surface area (Å²) in [6.07, 6.45) is 9.73. The first-order valence-corrected chi connectivity index (χ1v) is 12.2. The van der Waals surface area contributed by atoms with Gasteiger partial charge in [0.05, 0.1) is 27.7 Å². The Morgan fingerprint density at radius 3 is 2.79 bits per heavy atom. The van der Waals surface area contributed by atoms with E-state index in [4.69, 9.17) is 9.98 Å². The SMILES string of the molecule is O=C(NC1CCCC1)c1ccc(-c2cc(=NC3CC3)n3ncc(=Cc4[nH]c(=O)[nH]c4O)c3n2)s1. The number of aromatic hydroxyl groups is 1. The van der Waals surface area contributed by atoms with Crippen LogP contribution in [0.25, 0.3) is 22.3 Å². The van der Waals surface area contributed by atoms with Crippen LogP contribution in [0, 0.1) is 0 Å². The van der Waals surface area contributed by atoms with Crippen molar-refractivity contribution in [3.8, 4) is 16.5 Å². The first kappa shape index (κ1) is 20.8. The Kier molecular flexibility index (Phi) is 5.05. The smallest absolute Gasteiger partial charge is 0.326 e. The van der Waals surface area contributed by atoms with Crippen molar-refractivity contribution in [1.29, 1.82) is 0 Å². The maximum atomic E-state index is 12.7. The Labute approximate surface area is 197 Å². The molecule has 1 amide bonds. The van der Waals surface area contributed by atoms with Gasteiger partial charge in [-0.1, -0.05) is 12.8 Å². The molecule has 4 aromatic rings. The summed E-state index contributed by atoms with van der Waals surface area (Å²) in [6, 6.07) is 6.17. The Morgan fingerprint density at radius 2 is 2.06 bits per heavy atom. The number of carbonyl (C=O) groups excluding carboxylic acids is 1. The lowest BCUT2D eigenvalue weighted by molar-refractivity contribution is 0.0942. The Bertz CT molecular complexity index is 1570. The van der Waals surface area contributed by atoms with Crippen LogP contribution in [0.15, 0.2) is 34.2 Å². The summed E-state index contributed by atoms with van der Waals surface area (Å²) >= 11 is 1.40.